The standard InChI is InChI=1S/C12H14/c1-9-4-3-5-11(6-9)12-7-10(2)8-12/h3-7,10H,8H2,1-2H3/t10-/m0/s1. The van der Waals surface area contributed by atoms with Gasteiger partial charge in [0.15, 0.2) is 0 Å². The van der Waals surface area contributed by atoms with Crippen LogP contribution in [0, 0.1) is 12.8 Å². The van der Waals surface area contributed by atoms with Crippen LogP contribution in [0.3, 0.4) is 0 Å². The molecule has 1 atom stereocenters. The van der Waals surface area contributed by atoms with Crippen molar-refractivity contribution in [1.29, 1.82) is 0 Å². The maximum atomic E-state index is 2.36. The number of benzene rings is 1. The molecule has 0 saturated heterocycles. The highest BCUT2D eigenvalue weighted by molar-refractivity contribution is 5.70. The van der Waals surface area contributed by atoms with Gasteiger partial charge in [0.1, 0.15) is 0 Å². The summed E-state index contributed by atoms with van der Waals surface area (Å²) in [5.74, 6) is 0.792. The lowest BCUT2D eigenvalue weighted by Gasteiger charge is -2.22. The summed E-state index contributed by atoms with van der Waals surface area (Å²) in [6, 6.07) is 8.74. The van der Waals surface area contributed by atoms with E-state index in [1.54, 1.807) is 0 Å². The largest absolute Gasteiger partial charge is 0.0775 e. The third-order valence-corrected chi connectivity index (χ3v) is 2.42. The van der Waals surface area contributed by atoms with Crippen LogP contribution in [0.4, 0.5) is 0 Å². The molecule has 0 nitrogen and oxygen atoms in total. The predicted molar refractivity (Wildman–Crippen MR) is 52.9 cm³/mol. The Hall–Kier alpha value is -1.04. The van der Waals surface area contributed by atoms with Crippen molar-refractivity contribution in [3.8, 4) is 0 Å². The van der Waals surface area contributed by atoms with Gasteiger partial charge in [-0.2, -0.15) is 0 Å². The third-order valence-electron chi connectivity index (χ3n) is 2.42. The van der Waals surface area contributed by atoms with Crippen LogP contribution in [-0.2, 0) is 0 Å². The molecule has 0 bridgehead atoms. The average Bonchev–Trinajstić information content (AvgIpc) is 1.99. The van der Waals surface area contributed by atoms with Crippen molar-refractivity contribution in [2.45, 2.75) is 20.3 Å². The Kier molecular flexibility index (Phi) is 1.76. The van der Waals surface area contributed by atoms with E-state index in [0.29, 0.717) is 0 Å². The lowest BCUT2D eigenvalue weighted by atomic mass is 9.83. The van der Waals surface area contributed by atoms with Gasteiger partial charge in [-0.15, -0.1) is 0 Å². The monoisotopic (exact) mass is 158 g/mol. The zero-order valence-corrected chi connectivity index (χ0v) is 7.67. The van der Waals surface area contributed by atoms with Crippen LogP contribution in [0.1, 0.15) is 24.5 Å². The van der Waals surface area contributed by atoms with E-state index in [-0.39, 0.29) is 0 Å². The predicted octanol–water partition coefficient (Wildman–Crippen LogP) is 3.42. The minimum Gasteiger partial charge on any atom is -0.0775 e. The molecule has 1 aromatic carbocycles. The normalized spacial score (nSPS) is 21.5. The SMILES string of the molecule is Cc1cccc(C2=C[C@H](C)C2)c1. The minimum absolute atomic E-state index is 0.792. The van der Waals surface area contributed by atoms with Gasteiger partial charge < -0.3 is 0 Å². The summed E-state index contributed by atoms with van der Waals surface area (Å²) in [6.45, 7) is 4.41. The van der Waals surface area contributed by atoms with Crippen molar-refractivity contribution in [2.24, 2.45) is 5.92 Å². The molecule has 0 radical (unpaired) electrons. The molecule has 0 aromatic heterocycles. The van der Waals surface area contributed by atoms with Gasteiger partial charge in [0.2, 0.25) is 0 Å². The molecule has 0 heterocycles. The maximum absolute atomic E-state index is 2.36. The van der Waals surface area contributed by atoms with Gasteiger partial charge in [0, 0.05) is 0 Å². The zero-order valence-electron chi connectivity index (χ0n) is 7.67. The minimum atomic E-state index is 0.792. The van der Waals surface area contributed by atoms with Crippen molar-refractivity contribution >= 4 is 5.57 Å². The topological polar surface area (TPSA) is 0 Å². The third kappa shape index (κ3) is 1.29. The fourth-order valence-corrected chi connectivity index (χ4v) is 1.72. The average molecular weight is 158 g/mol. The molecule has 0 heteroatoms. The summed E-state index contributed by atoms with van der Waals surface area (Å²) >= 11 is 0. The Balaban J connectivity index is 2.30. The van der Waals surface area contributed by atoms with Crippen molar-refractivity contribution in [2.75, 3.05) is 0 Å². The quantitative estimate of drug-likeness (QED) is 0.587. The van der Waals surface area contributed by atoms with Crippen LogP contribution >= 0.6 is 0 Å². The molecule has 0 saturated carbocycles. The molecule has 0 N–H and O–H groups in total. The van der Waals surface area contributed by atoms with Crippen molar-refractivity contribution in [3.05, 3.63) is 41.5 Å². The smallest absolute Gasteiger partial charge is 0.0215 e. The van der Waals surface area contributed by atoms with E-state index >= 15 is 0 Å². The van der Waals surface area contributed by atoms with E-state index in [1.807, 2.05) is 0 Å². The van der Waals surface area contributed by atoms with Crippen LogP contribution < -0.4 is 0 Å². The number of hydrogen-bond acceptors (Lipinski definition) is 0. The van der Waals surface area contributed by atoms with Crippen molar-refractivity contribution < 1.29 is 0 Å². The molecule has 0 unspecified atom stereocenters. The first-order valence-corrected chi connectivity index (χ1v) is 4.53. The molecule has 0 aliphatic heterocycles. The van der Waals surface area contributed by atoms with Gasteiger partial charge in [-0.05, 0) is 30.4 Å². The number of allylic oxidation sites excluding steroid dienone is 2. The molecule has 0 fully saturated rings. The Labute approximate surface area is 73.9 Å². The van der Waals surface area contributed by atoms with Gasteiger partial charge in [-0.1, -0.05) is 42.8 Å². The van der Waals surface area contributed by atoms with Gasteiger partial charge in [0.25, 0.3) is 0 Å². The second-order valence-corrected chi connectivity index (χ2v) is 3.74. The summed E-state index contributed by atoms with van der Waals surface area (Å²) in [6.07, 6.45) is 3.61. The van der Waals surface area contributed by atoms with E-state index in [9.17, 15) is 0 Å². The van der Waals surface area contributed by atoms with Crippen molar-refractivity contribution in [3.63, 3.8) is 0 Å². The van der Waals surface area contributed by atoms with E-state index < -0.39 is 0 Å². The first kappa shape index (κ1) is 7.60. The molecule has 0 amide bonds. The van der Waals surface area contributed by atoms with Gasteiger partial charge >= 0.3 is 0 Å². The molecule has 62 valence electrons. The summed E-state index contributed by atoms with van der Waals surface area (Å²) in [5.41, 5.74) is 4.28. The van der Waals surface area contributed by atoms with E-state index in [1.165, 1.54) is 23.1 Å². The molecule has 1 aromatic rings. The van der Waals surface area contributed by atoms with Crippen LogP contribution in [0.5, 0.6) is 0 Å². The summed E-state index contributed by atoms with van der Waals surface area (Å²) < 4.78 is 0. The van der Waals surface area contributed by atoms with Crippen molar-refractivity contribution in [1.82, 2.24) is 0 Å². The van der Waals surface area contributed by atoms with E-state index in [0.717, 1.165) is 5.92 Å². The highest BCUT2D eigenvalue weighted by Crippen LogP contribution is 2.33. The first-order chi connectivity index (χ1) is 5.75. The molecular formula is C12H14. The zero-order chi connectivity index (χ0) is 8.55. The van der Waals surface area contributed by atoms with Crippen LogP contribution in [0.15, 0.2) is 30.3 Å². The molecule has 1 aliphatic carbocycles. The lowest BCUT2D eigenvalue weighted by molar-refractivity contribution is 0.701. The first-order valence-electron chi connectivity index (χ1n) is 4.53. The summed E-state index contributed by atoms with van der Waals surface area (Å²) in [7, 11) is 0. The van der Waals surface area contributed by atoms with E-state index in [2.05, 4.69) is 44.2 Å². The number of aryl methyl sites for hydroxylation is 1. The molecular weight excluding hydrogens is 144 g/mol. The lowest BCUT2D eigenvalue weighted by Crippen LogP contribution is -2.04. The summed E-state index contributed by atoms with van der Waals surface area (Å²) in [5, 5.41) is 0. The molecule has 0 spiro atoms. The Morgan fingerprint density at radius 2 is 2.08 bits per heavy atom. The fourth-order valence-electron chi connectivity index (χ4n) is 1.72. The highest BCUT2D eigenvalue weighted by Gasteiger charge is 2.15. The van der Waals surface area contributed by atoms with Crippen LogP contribution in [-0.4, -0.2) is 0 Å². The fraction of sp³-hybridized carbons (Fsp3) is 0.333. The van der Waals surface area contributed by atoms with Gasteiger partial charge in [-0.25, -0.2) is 0 Å². The Bertz CT molecular complexity index is 321. The van der Waals surface area contributed by atoms with Gasteiger partial charge in [0.05, 0.1) is 0 Å². The number of hydrogen-bond donors (Lipinski definition) is 0. The van der Waals surface area contributed by atoms with Gasteiger partial charge in [-0.3, -0.25) is 0 Å². The van der Waals surface area contributed by atoms with E-state index in [4.69, 9.17) is 0 Å². The maximum Gasteiger partial charge on any atom is -0.0215 e. The second-order valence-electron chi connectivity index (χ2n) is 3.74. The van der Waals surface area contributed by atoms with Crippen LogP contribution in [0.2, 0.25) is 0 Å². The summed E-state index contributed by atoms with van der Waals surface area (Å²) in [4.78, 5) is 0. The second kappa shape index (κ2) is 2.78. The van der Waals surface area contributed by atoms with Crippen LogP contribution in [0.25, 0.3) is 5.57 Å². The molecule has 1 aliphatic rings. The number of rotatable bonds is 1. The highest BCUT2D eigenvalue weighted by atomic mass is 14.2. The Morgan fingerprint density at radius 3 is 2.67 bits per heavy atom. The Morgan fingerprint density at radius 1 is 1.33 bits per heavy atom. The molecule has 12 heavy (non-hydrogen) atoms. The molecule has 2 rings (SSSR count).